The van der Waals surface area contributed by atoms with Gasteiger partial charge in [-0.05, 0) is 52.7 Å². The number of ether oxygens (including phenoxy) is 1. The van der Waals surface area contributed by atoms with E-state index in [1.807, 2.05) is 13.0 Å². The van der Waals surface area contributed by atoms with Gasteiger partial charge in [0.15, 0.2) is 11.3 Å². The molecule has 1 N–H and O–H groups in total. The molecule has 0 spiro atoms. The Hall–Kier alpha value is -1.79. The Labute approximate surface area is 140 Å². The van der Waals surface area contributed by atoms with Gasteiger partial charge in [0.05, 0.1) is 6.04 Å². The zero-order valence-electron chi connectivity index (χ0n) is 11.6. The van der Waals surface area contributed by atoms with Gasteiger partial charge < -0.3 is 14.5 Å². The van der Waals surface area contributed by atoms with Crippen LogP contribution < -0.4 is 5.32 Å². The minimum absolute atomic E-state index is 0.0302. The Bertz CT molecular complexity index is 686. The van der Waals surface area contributed by atoms with E-state index in [0.717, 1.165) is 5.56 Å². The Morgan fingerprint density at radius 2 is 2.14 bits per heavy atom. The first-order valence-corrected chi connectivity index (χ1v) is 7.60. The molecule has 22 heavy (non-hydrogen) atoms. The van der Waals surface area contributed by atoms with Crippen LogP contribution in [0.3, 0.4) is 0 Å². The molecule has 7 heteroatoms. The van der Waals surface area contributed by atoms with E-state index in [9.17, 15) is 9.59 Å². The summed E-state index contributed by atoms with van der Waals surface area (Å²) in [4.78, 5) is 23.4. The summed E-state index contributed by atoms with van der Waals surface area (Å²) < 4.78 is 10.3. The number of carbonyl (C=O) groups excluding carboxylic acids is 2. The molecule has 0 aliphatic rings. The summed E-state index contributed by atoms with van der Waals surface area (Å²) in [6.45, 7) is 1.43. The standard InChI is InChI=1S/C15H13BrClNO4/c1-9(10-3-2-4-11(17)7-10)18-14(19)8-21-15(20)12-5-6-13(16)22-12/h2-7,9H,8H2,1H3,(H,18,19). The Morgan fingerprint density at radius 3 is 2.77 bits per heavy atom. The fraction of sp³-hybridized carbons (Fsp3) is 0.200. The molecule has 1 heterocycles. The lowest BCUT2D eigenvalue weighted by atomic mass is 10.1. The third-order valence-electron chi connectivity index (χ3n) is 2.83. The first-order chi connectivity index (χ1) is 10.5. The second-order valence-corrected chi connectivity index (χ2v) is 5.74. The van der Waals surface area contributed by atoms with Gasteiger partial charge in [0, 0.05) is 5.02 Å². The Morgan fingerprint density at radius 1 is 1.36 bits per heavy atom. The molecule has 0 radical (unpaired) electrons. The van der Waals surface area contributed by atoms with Crippen molar-refractivity contribution in [1.82, 2.24) is 5.32 Å². The highest BCUT2D eigenvalue weighted by molar-refractivity contribution is 9.10. The summed E-state index contributed by atoms with van der Waals surface area (Å²) >= 11 is 8.98. The second kappa shape index (κ2) is 7.47. The molecule has 0 bridgehead atoms. The zero-order chi connectivity index (χ0) is 16.1. The quantitative estimate of drug-likeness (QED) is 0.795. The number of rotatable bonds is 5. The third kappa shape index (κ3) is 4.61. The SMILES string of the molecule is CC(NC(=O)COC(=O)c1ccc(Br)o1)c1cccc(Cl)c1. The summed E-state index contributed by atoms with van der Waals surface area (Å²) in [5, 5.41) is 3.31. The van der Waals surface area contributed by atoms with Crippen LogP contribution in [0, 0.1) is 0 Å². The van der Waals surface area contributed by atoms with Crippen molar-refractivity contribution >= 4 is 39.4 Å². The maximum absolute atomic E-state index is 11.8. The van der Waals surface area contributed by atoms with Gasteiger partial charge in [-0.3, -0.25) is 4.79 Å². The third-order valence-corrected chi connectivity index (χ3v) is 3.50. The minimum atomic E-state index is -0.698. The highest BCUT2D eigenvalue weighted by Gasteiger charge is 2.15. The first kappa shape index (κ1) is 16.6. The second-order valence-electron chi connectivity index (χ2n) is 4.52. The van der Waals surface area contributed by atoms with E-state index in [0.29, 0.717) is 9.69 Å². The summed E-state index contributed by atoms with van der Waals surface area (Å²) in [5.41, 5.74) is 0.863. The van der Waals surface area contributed by atoms with Crippen molar-refractivity contribution in [1.29, 1.82) is 0 Å². The number of esters is 1. The van der Waals surface area contributed by atoms with E-state index in [1.165, 1.54) is 6.07 Å². The van der Waals surface area contributed by atoms with E-state index < -0.39 is 11.9 Å². The molecule has 2 rings (SSSR count). The molecule has 1 unspecified atom stereocenters. The van der Waals surface area contributed by atoms with Crippen molar-refractivity contribution in [3.05, 3.63) is 57.4 Å². The van der Waals surface area contributed by atoms with Crippen LogP contribution in [0.25, 0.3) is 0 Å². The predicted octanol–water partition coefficient (Wildman–Crippen LogP) is 3.73. The van der Waals surface area contributed by atoms with Crippen molar-refractivity contribution in [2.45, 2.75) is 13.0 Å². The number of halogens is 2. The smallest absolute Gasteiger partial charge is 0.374 e. The molecule has 0 saturated heterocycles. The van der Waals surface area contributed by atoms with Crippen LogP contribution in [0.4, 0.5) is 0 Å². The minimum Gasteiger partial charge on any atom is -0.450 e. The van der Waals surface area contributed by atoms with Crippen LogP contribution in [0.2, 0.25) is 5.02 Å². The largest absolute Gasteiger partial charge is 0.450 e. The van der Waals surface area contributed by atoms with Gasteiger partial charge in [-0.2, -0.15) is 0 Å². The molecular weight excluding hydrogens is 374 g/mol. The number of hydrogen-bond donors (Lipinski definition) is 1. The molecule has 1 atom stereocenters. The molecule has 2 aromatic rings. The summed E-state index contributed by atoms with van der Waals surface area (Å²) in [6, 6.07) is 9.94. The Kier molecular flexibility index (Phi) is 5.63. The topological polar surface area (TPSA) is 68.5 Å². The maximum atomic E-state index is 11.8. The molecule has 116 valence electrons. The van der Waals surface area contributed by atoms with Crippen molar-refractivity contribution in [2.24, 2.45) is 0 Å². The van der Waals surface area contributed by atoms with E-state index in [2.05, 4.69) is 21.2 Å². The van der Waals surface area contributed by atoms with Crippen LogP contribution in [-0.2, 0) is 9.53 Å². The average molecular weight is 387 g/mol. The van der Waals surface area contributed by atoms with Crippen LogP contribution in [0.5, 0.6) is 0 Å². The highest BCUT2D eigenvalue weighted by atomic mass is 79.9. The number of benzene rings is 1. The molecule has 0 fully saturated rings. The molecular formula is C15H13BrClNO4. The molecule has 1 aromatic carbocycles. The number of nitrogens with one attached hydrogen (secondary N) is 1. The number of carbonyl (C=O) groups is 2. The maximum Gasteiger partial charge on any atom is 0.374 e. The van der Waals surface area contributed by atoms with E-state index in [4.69, 9.17) is 20.8 Å². The monoisotopic (exact) mass is 385 g/mol. The van der Waals surface area contributed by atoms with Crippen LogP contribution in [0.15, 0.2) is 45.5 Å². The lowest BCUT2D eigenvalue weighted by Crippen LogP contribution is -2.31. The molecule has 5 nitrogen and oxygen atoms in total. The summed E-state index contributed by atoms with van der Waals surface area (Å²) in [7, 11) is 0. The summed E-state index contributed by atoms with van der Waals surface area (Å²) in [5.74, 6) is -1.08. The van der Waals surface area contributed by atoms with Gasteiger partial charge in [-0.15, -0.1) is 0 Å². The van der Waals surface area contributed by atoms with Gasteiger partial charge >= 0.3 is 5.97 Å². The molecule has 0 saturated carbocycles. The van der Waals surface area contributed by atoms with Crippen LogP contribution in [-0.4, -0.2) is 18.5 Å². The van der Waals surface area contributed by atoms with E-state index in [1.54, 1.807) is 24.3 Å². The van der Waals surface area contributed by atoms with Gasteiger partial charge in [0.25, 0.3) is 5.91 Å². The number of amides is 1. The van der Waals surface area contributed by atoms with Crippen molar-refractivity contribution in [2.75, 3.05) is 6.61 Å². The normalized spacial score (nSPS) is 11.8. The highest BCUT2D eigenvalue weighted by Crippen LogP contribution is 2.17. The molecule has 0 aliphatic carbocycles. The number of hydrogen-bond acceptors (Lipinski definition) is 4. The van der Waals surface area contributed by atoms with Gasteiger partial charge in [-0.25, -0.2) is 4.79 Å². The molecule has 1 amide bonds. The van der Waals surface area contributed by atoms with E-state index >= 15 is 0 Å². The molecule has 0 aliphatic heterocycles. The predicted molar refractivity (Wildman–Crippen MR) is 84.7 cm³/mol. The lowest BCUT2D eigenvalue weighted by molar-refractivity contribution is -0.124. The van der Waals surface area contributed by atoms with Crippen molar-refractivity contribution < 1.29 is 18.7 Å². The van der Waals surface area contributed by atoms with Crippen molar-refractivity contribution in [3.63, 3.8) is 0 Å². The Balaban J connectivity index is 1.84. The van der Waals surface area contributed by atoms with Gasteiger partial charge in [0.2, 0.25) is 5.76 Å². The molecule has 1 aromatic heterocycles. The lowest BCUT2D eigenvalue weighted by Gasteiger charge is -2.14. The first-order valence-electron chi connectivity index (χ1n) is 6.43. The summed E-state index contributed by atoms with van der Waals surface area (Å²) in [6.07, 6.45) is 0. The average Bonchev–Trinajstić information content (AvgIpc) is 2.91. The fourth-order valence-electron chi connectivity index (χ4n) is 1.77. The van der Waals surface area contributed by atoms with Crippen molar-refractivity contribution in [3.8, 4) is 0 Å². The zero-order valence-corrected chi connectivity index (χ0v) is 14.0. The van der Waals surface area contributed by atoms with Crippen LogP contribution >= 0.6 is 27.5 Å². The van der Waals surface area contributed by atoms with Crippen LogP contribution in [0.1, 0.15) is 29.1 Å². The van der Waals surface area contributed by atoms with E-state index in [-0.39, 0.29) is 18.4 Å². The number of furan rings is 1. The van der Waals surface area contributed by atoms with Gasteiger partial charge in [-0.1, -0.05) is 23.7 Å². The van der Waals surface area contributed by atoms with Gasteiger partial charge in [0.1, 0.15) is 0 Å². The fourth-order valence-corrected chi connectivity index (χ4v) is 2.27.